The Morgan fingerprint density at radius 1 is 0.800 bits per heavy atom. The summed E-state index contributed by atoms with van der Waals surface area (Å²) in [4.78, 5) is 11.5. The molecule has 0 aliphatic carbocycles. The first-order valence-electron chi connectivity index (χ1n) is 12.8. The first-order valence-corrected chi connectivity index (χ1v) is 12.8. The molecule has 4 heteroatoms. The third-order valence-electron chi connectivity index (χ3n) is 8.33. The van der Waals surface area contributed by atoms with Crippen molar-refractivity contribution in [3.63, 3.8) is 0 Å². The summed E-state index contributed by atoms with van der Waals surface area (Å²) in [6, 6.07) is 26.5. The Morgan fingerprint density at radius 3 is 2.51 bits per heavy atom. The zero-order valence-electron chi connectivity index (χ0n) is 19.8. The summed E-state index contributed by atoms with van der Waals surface area (Å²) in [5, 5.41) is 0. The minimum absolute atomic E-state index is 0.361. The number of pyridine rings is 2. The monoisotopic (exact) mass is 459 g/mol. The van der Waals surface area contributed by atoms with E-state index < -0.39 is 0 Å². The normalized spacial score (nSPS) is 26.5. The number of rotatable bonds is 4. The van der Waals surface area contributed by atoms with Crippen molar-refractivity contribution in [1.29, 1.82) is 0 Å². The number of hydrogen-bond donors (Lipinski definition) is 0. The smallest absolute Gasteiger partial charge is 0.131 e. The third-order valence-corrected chi connectivity index (χ3v) is 8.33. The van der Waals surface area contributed by atoms with Crippen molar-refractivity contribution in [2.75, 3.05) is 13.1 Å². The van der Waals surface area contributed by atoms with Crippen molar-refractivity contribution in [3.8, 4) is 22.6 Å². The van der Waals surface area contributed by atoms with Gasteiger partial charge in [-0.15, -0.1) is 0 Å². The van der Waals surface area contributed by atoms with Gasteiger partial charge in [-0.3, -0.25) is 14.9 Å². The summed E-state index contributed by atoms with van der Waals surface area (Å²) >= 11 is 0. The lowest BCUT2D eigenvalue weighted by atomic mass is 9.71. The fraction of sp³-hybridized carbons (Fsp3) is 0.290. The second-order valence-corrected chi connectivity index (χ2v) is 10.2. The van der Waals surface area contributed by atoms with Gasteiger partial charge in [-0.05, 0) is 78.7 Å². The maximum absolute atomic E-state index is 6.49. The minimum Gasteiger partial charge on any atom is -0.457 e. The van der Waals surface area contributed by atoms with E-state index in [2.05, 4.69) is 81.6 Å². The molecule has 0 radical (unpaired) electrons. The Balaban J connectivity index is 1.22. The van der Waals surface area contributed by atoms with Crippen LogP contribution >= 0.6 is 0 Å². The Morgan fingerprint density at radius 2 is 1.66 bits per heavy atom. The van der Waals surface area contributed by atoms with Crippen LogP contribution in [0.4, 0.5) is 0 Å². The largest absolute Gasteiger partial charge is 0.457 e. The predicted octanol–water partition coefficient (Wildman–Crippen LogP) is 6.33. The summed E-state index contributed by atoms with van der Waals surface area (Å²) in [5.41, 5.74) is 6.23. The van der Waals surface area contributed by atoms with Gasteiger partial charge in [0.25, 0.3) is 0 Å². The van der Waals surface area contributed by atoms with E-state index in [9.17, 15) is 0 Å². The van der Waals surface area contributed by atoms with Crippen LogP contribution in [0.25, 0.3) is 11.1 Å². The highest BCUT2D eigenvalue weighted by Gasteiger charge is 2.45. The van der Waals surface area contributed by atoms with Crippen molar-refractivity contribution in [2.45, 2.75) is 31.2 Å². The highest BCUT2D eigenvalue weighted by atomic mass is 16.5. The van der Waals surface area contributed by atoms with Crippen molar-refractivity contribution in [1.82, 2.24) is 14.9 Å². The van der Waals surface area contributed by atoms with Crippen LogP contribution in [0.5, 0.6) is 11.5 Å². The van der Waals surface area contributed by atoms with Gasteiger partial charge >= 0.3 is 0 Å². The molecule has 0 N–H and O–H groups in total. The molecular formula is C31H29N3O. The lowest BCUT2D eigenvalue weighted by Gasteiger charge is -2.43. The topological polar surface area (TPSA) is 38.2 Å². The number of fused-ring (bicyclic) bond motifs is 4. The molecule has 2 saturated heterocycles. The van der Waals surface area contributed by atoms with Crippen LogP contribution in [0, 0.1) is 11.8 Å². The molecule has 5 heterocycles. The van der Waals surface area contributed by atoms with Crippen LogP contribution in [-0.4, -0.2) is 34.0 Å². The molecule has 4 aromatic rings. The molecule has 5 unspecified atom stereocenters. The number of aromatic nitrogens is 2. The number of hydrogen-bond acceptors (Lipinski definition) is 4. The summed E-state index contributed by atoms with van der Waals surface area (Å²) in [7, 11) is 0. The van der Waals surface area contributed by atoms with Gasteiger partial charge in [0.1, 0.15) is 11.5 Å². The van der Waals surface area contributed by atoms with Crippen molar-refractivity contribution in [3.05, 3.63) is 108 Å². The molecule has 35 heavy (non-hydrogen) atoms. The lowest BCUT2D eigenvalue weighted by molar-refractivity contribution is 0.116. The molecule has 2 aromatic carbocycles. The quantitative estimate of drug-likeness (QED) is 0.357. The van der Waals surface area contributed by atoms with Crippen molar-refractivity contribution in [2.24, 2.45) is 11.8 Å². The predicted molar refractivity (Wildman–Crippen MR) is 138 cm³/mol. The molecule has 4 nitrogen and oxygen atoms in total. The number of benzene rings is 2. The van der Waals surface area contributed by atoms with Gasteiger partial charge in [0.2, 0.25) is 0 Å². The summed E-state index contributed by atoms with van der Waals surface area (Å²) in [5.74, 6) is 3.68. The molecule has 0 saturated carbocycles. The van der Waals surface area contributed by atoms with E-state index in [1.165, 1.54) is 47.3 Å². The van der Waals surface area contributed by atoms with Gasteiger partial charge in [-0.2, -0.15) is 0 Å². The van der Waals surface area contributed by atoms with Crippen molar-refractivity contribution < 1.29 is 4.74 Å². The molecule has 0 spiro atoms. The molecule has 174 valence electrons. The summed E-state index contributed by atoms with van der Waals surface area (Å²) in [6.45, 7) is 2.34. The zero-order chi connectivity index (χ0) is 23.2. The Kier molecular flexibility index (Phi) is 5.13. The molecule has 2 fully saturated rings. The highest BCUT2D eigenvalue weighted by molar-refractivity contribution is 5.68. The second kappa shape index (κ2) is 8.62. The van der Waals surface area contributed by atoms with Crippen LogP contribution in [0.2, 0.25) is 0 Å². The fourth-order valence-electron chi connectivity index (χ4n) is 6.75. The second-order valence-electron chi connectivity index (χ2n) is 10.2. The van der Waals surface area contributed by atoms with Crippen LogP contribution < -0.4 is 4.74 Å². The molecule has 5 atom stereocenters. The van der Waals surface area contributed by atoms with Crippen LogP contribution in [0.1, 0.15) is 35.6 Å². The number of piperidine rings is 1. The molecular weight excluding hydrogens is 430 g/mol. The fourth-order valence-corrected chi connectivity index (χ4v) is 6.75. The van der Waals surface area contributed by atoms with Crippen LogP contribution in [0.15, 0.2) is 91.4 Å². The van der Waals surface area contributed by atoms with Crippen LogP contribution in [0.3, 0.4) is 0 Å². The highest BCUT2D eigenvalue weighted by Crippen LogP contribution is 2.52. The van der Waals surface area contributed by atoms with Gasteiger partial charge < -0.3 is 4.74 Å². The van der Waals surface area contributed by atoms with E-state index in [4.69, 9.17) is 4.74 Å². The maximum Gasteiger partial charge on any atom is 0.131 e. The van der Waals surface area contributed by atoms with E-state index in [1.807, 2.05) is 24.7 Å². The minimum atomic E-state index is 0.361. The Bertz CT molecular complexity index is 1330. The molecule has 2 aromatic heterocycles. The SMILES string of the molecule is c1ccc(CC2C3CCN2CC(C2c4ccccc4Oc4cc(-c5ccncc5)ccc42)C3)nc1. The first-order chi connectivity index (χ1) is 17.3. The van der Waals surface area contributed by atoms with E-state index in [0.717, 1.165) is 30.4 Å². The van der Waals surface area contributed by atoms with Crippen molar-refractivity contribution >= 4 is 0 Å². The maximum atomic E-state index is 6.49. The van der Waals surface area contributed by atoms with Crippen LogP contribution in [-0.2, 0) is 6.42 Å². The average Bonchev–Trinajstić information content (AvgIpc) is 3.14. The van der Waals surface area contributed by atoms with E-state index in [-0.39, 0.29) is 0 Å². The summed E-state index contributed by atoms with van der Waals surface area (Å²) < 4.78 is 6.49. The standard InChI is InChI=1S/C31H29N3O/c1-2-7-29-26(6-1)31(27-9-8-22(18-30(27)35-29)21-10-14-32-15-11-21)24-17-23-12-16-34(20-24)28(23)19-25-5-3-4-13-33-25/h1-11,13-15,18,23-24,28,31H,12,16-17,19-20H2. The summed E-state index contributed by atoms with van der Waals surface area (Å²) in [6.07, 6.45) is 9.25. The third kappa shape index (κ3) is 3.73. The molecule has 7 rings (SSSR count). The van der Waals surface area contributed by atoms with Gasteiger partial charge in [0.15, 0.2) is 0 Å². The van der Waals surface area contributed by atoms with Gasteiger partial charge in [0, 0.05) is 60.3 Å². The average molecular weight is 460 g/mol. The van der Waals surface area contributed by atoms with Gasteiger partial charge in [0.05, 0.1) is 0 Å². The zero-order valence-corrected chi connectivity index (χ0v) is 19.8. The van der Waals surface area contributed by atoms with E-state index >= 15 is 0 Å². The first kappa shape index (κ1) is 20.8. The molecule has 3 aliphatic rings. The molecule has 2 bridgehead atoms. The van der Waals surface area contributed by atoms with Gasteiger partial charge in [-0.1, -0.05) is 36.4 Å². The van der Waals surface area contributed by atoms with E-state index in [1.54, 1.807) is 0 Å². The number of para-hydroxylation sites is 1. The van der Waals surface area contributed by atoms with Gasteiger partial charge in [-0.25, -0.2) is 0 Å². The Hall–Kier alpha value is -3.50. The number of nitrogens with zero attached hydrogens (tertiary/aromatic N) is 3. The lowest BCUT2D eigenvalue weighted by Crippen LogP contribution is -2.45. The Labute approximate surface area is 206 Å². The number of ether oxygens (including phenoxy) is 1. The molecule has 0 amide bonds. The van der Waals surface area contributed by atoms with E-state index in [0.29, 0.717) is 17.9 Å². The molecule has 3 aliphatic heterocycles.